The molecule has 0 spiro atoms. The molecule has 4 rings (SSSR count). The summed E-state index contributed by atoms with van der Waals surface area (Å²) in [4.78, 5) is 13.9. The van der Waals surface area contributed by atoms with Gasteiger partial charge in [-0.2, -0.15) is 0 Å². The molecule has 0 aromatic carbocycles. The highest BCUT2D eigenvalue weighted by molar-refractivity contribution is 5.48. The zero-order chi connectivity index (χ0) is 16.2. The monoisotopic (exact) mass is 324 g/mol. The van der Waals surface area contributed by atoms with E-state index in [1.807, 2.05) is 24.7 Å². The quantitative estimate of drug-likeness (QED) is 0.867. The van der Waals surface area contributed by atoms with E-state index in [-0.39, 0.29) is 0 Å². The number of aromatic nitrogens is 2. The Balaban J connectivity index is 1.56. The lowest BCUT2D eigenvalue weighted by Crippen LogP contribution is -2.41. The topological polar surface area (TPSA) is 41.5 Å². The van der Waals surface area contributed by atoms with Crippen LogP contribution in [0.15, 0.2) is 42.9 Å². The molecular weight excluding hydrogens is 300 g/mol. The molecule has 0 aliphatic carbocycles. The lowest BCUT2D eigenvalue weighted by atomic mass is 10.1. The highest BCUT2D eigenvalue weighted by Crippen LogP contribution is 2.27. The standard InChI is InChI=1S/C19H24N4O/c1-3-16(13-20-7-1)14-23-10-9-22(18-5-11-24-12-6-18)15-17-4-2-8-21-19(17)23/h1-4,7-8,13,18H,5-6,9-12,14-15H2. The first-order chi connectivity index (χ1) is 11.9. The lowest BCUT2D eigenvalue weighted by Gasteiger charge is -2.33. The molecule has 0 atom stereocenters. The van der Waals surface area contributed by atoms with Crippen molar-refractivity contribution in [2.75, 3.05) is 31.2 Å². The van der Waals surface area contributed by atoms with Gasteiger partial charge in [-0.25, -0.2) is 4.98 Å². The molecule has 0 unspecified atom stereocenters. The summed E-state index contributed by atoms with van der Waals surface area (Å²) >= 11 is 0. The van der Waals surface area contributed by atoms with Crippen molar-refractivity contribution in [3.8, 4) is 0 Å². The number of anilines is 1. The SMILES string of the molecule is c1cncc(CN2CCN(C3CCOCC3)Cc3cccnc32)c1. The number of hydrogen-bond acceptors (Lipinski definition) is 5. The second-order valence-electron chi connectivity index (χ2n) is 6.58. The molecule has 5 nitrogen and oxygen atoms in total. The average molecular weight is 324 g/mol. The van der Waals surface area contributed by atoms with E-state index in [1.54, 1.807) is 0 Å². The second-order valence-corrected chi connectivity index (χ2v) is 6.58. The first-order valence-electron chi connectivity index (χ1n) is 8.80. The Morgan fingerprint density at radius 2 is 1.96 bits per heavy atom. The maximum absolute atomic E-state index is 5.53. The smallest absolute Gasteiger partial charge is 0.133 e. The van der Waals surface area contributed by atoms with E-state index in [2.05, 4.69) is 33.0 Å². The van der Waals surface area contributed by atoms with Gasteiger partial charge in [0.2, 0.25) is 0 Å². The molecule has 2 aliphatic rings. The molecule has 0 radical (unpaired) electrons. The minimum atomic E-state index is 0.630. The van der Waals surface area contributed by atoms with Crippen molar-refractivity contribution in [2.24, 2.45) is 0 Å². The van der Waals surface area contributed by atoms with Crippen molar-refractivity contribution in [2.45, 2.75) is 32.0 Å². The fourth-order valence-electron chi connectivity index (χ4n) is 3.72. The maximum Gasteiger partial charge on any atom is 0.133 e. The summed E-state index contributed by atoms with van der Waals surface area (Å²) in [6.45, 7) is 5.69. The predicted octanol–water partition coefficient (Wildman–Crippen LogP) is 2.48. The van der Waals surface area contributed by atoms with Gasteiger partial charge in [-0.15, -0.1) is 0 Å². The zero-order valence-electron chi connectivity index (χ0n) is 14.0. The predicted molar refractivity (Wildman–Crippen MR) is 93.8 cm³/mol. The summed E-state index contributed by atoms with van der Waals surface area (Å²) < 4.78 is 5.53. The number of nitrogens with zero attached hydrogens (tertiary/aromatic N) is 4. The second kappa shape index (κ2) is 7.28. The maximum atomic E-state index is 5.53. The van der Waals surface area contributed by atoms with Crippen LogP contribution in [0.25, 0.3) is 0 Å². The van der Waals surface area contributed by atoms with Crippen molar-refractivity contribution in [3.05, 3.63) is 54.0 Å². The first-order valence-corrected chi connectivity index (χ1v) is 8.80. The van der Waals surface area contributed by atoms with Crippen LogP contribution in [-0.4, -0.2) is 47.2 Å². The van der Waals surface area contributed by atoms with Crippen LogP contribution >= 0.6 is 0 Å². The van der Waals surface area contributed by atoms with E-state index >= 15 is 0 Å². The largest absolute Gasteiger partial charge is 0.381 e. The Bertz CT molecular complexity index is 657. The third-order valence-corrected chi connectivity index (χ3v) is 5.00. The molecule has 1 fully saturated rings. The molecule has 5 heteroatoms. The summed E-state index contributed by atoms with van der Waals surface area (Å²) in [7, 11) is 0. The molecule has 0 bridgehead atoms. The Hall–Kier alpha value is -1.98. The molecule has 0 saturated carbocycles. The van der Waals surface area contributed by atoms with Gasteiger partial charge >= 0.3 is 0 Å². The molecule has 24 heavy (non-hydrogen) atoms. The van der Waals surface area contributed by atoms with Gasteiger partial charge in [0, 0.05) is 69.6 Å². The van der Waals surface area contributed by atoms with Gasteiger partial charge in [0.1, 0.15) is 5.82 Å². The first kappa shape index (κ1) is 15.5. The Morgan fingerprint density at radius 1 is 1.08 bits per heavy atom. The summed E-state index contributed by atoms with van der Waals surface area (Å²) in [5, 5.41) is 0. The van der Waals surface area contributed by atoms with Crippen molar-refractivity contribution in [1.82, 2.24) is 14.9 Å². The van der Waals surface area contributed by atoms with Gasteiger partial charge in [-0.05, 0) is 30.5 Å². The van der Waals surface area contributed by atoms with Crippen LogP contribution in [0.2, 0.25) is 0 Å². The lowest BCUT2D eigenvalue weighted by molar-refractivity contribution is 0.0328. The third-order valence-electron chi connectivity index (χ3n) is 5.00. The number of ether oxygens (including phenoxy) is 1. The Kier molecular flexibility index (Phi) is 4.71. The van der Waals surface area contributed by atoms with E-state index in [0.717, 1.165) is 58.1 Å². The van der Waals surface area contributed by atoms with E-state index in [1.165, 1.54) is 11.1 Å². The molecule has 4 heterocycles. The van der Waals surface area contributed by atoms with E-state index in [0.29, 0.717) is 6.04 Å². The highest BCUT2D eigenvalue weighted by Gasteiger charge is 2.27. The molecular formula is C19H24N4O. The van der Waals surface area contributed by atoms with Crippen molar-refractivity contribution < 1.29 is 4.74 Å². The van der Waals surface area contributed by atoms with Crippen molar-refractivity contribution in [3.63, 3.8) is 0 Å². The number of rotatable bonds is 3. The molecule has 2 aliphatic heterocycles. The van der Waals surface area contributed by atoms with Gasteiger partial charge in [-0.1, -0.05) is 12.1 Å². The van der Waals surface area contributed by atoms with Gasteiger partial charge in [0.05, 0.1) is 0 Å². The van der Waals surface area contributed by atoms with Crippen LogP contribution in [-0.2, 0) is 17.8 Å². The summed E-state index contributed by atoms with van der Waals surface area (Å²) in [5.74, 6) is 1.12. The van der Waals surface area contributed by atoms with Gasteiger partial charge in [0.15, 0.2) is 0 Å². The van der Waals surface area contributed by atoms with Gasteiger partial charge in [0.25, 0.3) is 0 Å². The molecule has 0 amide bonds. The van der Waals surface area contributed by atoms with E-state index < -0.39 is 0 Å². The van der Waals surface area contributed by atoms with E-state index in [4.69, 9.17) is 9.72 Å². The number of fused-ring (bicyclic) bond motifs is 1. The molecule has 1 saturated heterocycles. The zero-order valence-corrected chi connectivity index (χ0v) is 14.0. The van der Waals surface area contributed by atoms with Gasteiger partial charge in [-0.3, -0.25) is 9.88 Å². The van der Waals surface area contributed by atoms with E-state index in [9.17, 15) is 0 Å². The van der Waals surface area contributed by atoms with Crippen molar-refractivity contribution >= 4 is 5.82 Å². The van der Waals surface area contributed by atoms with Crippen LogP contribution in [0.4, 0.5) is 5.82 Å². The molecule has 126 valence electrons. The van der Waals surface area contributed by atoms with Crippen molar-refractivity contribution in [1.29, 1.82) is 0 Å². The fraction of sp³-hybridized carbons (Fsp3) is 0.474. The van der Waals surface area contributed by atoms with Gasteiger partial charge < -0.3 is 9.64 Å². The summed E-state index contributed by atoms with van der Waals surface area (Å²) in [5.41, 5.74) is 2.55. The molecule has 2 aromatic rings. The third kappa shape index (κ3) is 3.42. The van der Waals surface area contributed by atoms with Crippen LogP contribution in [0.5, 0.6) is 0 Å². The average Bonchev–Trinajstić information content (AvgIpc) is 2.83. The number of pyridine rings is 2. The van der Waals surface area contributed by atoms with Crippen LogP contribution in [0, 0.1) is 0 Å². The fourth-order valence-corrected chi connectivity index (χ4v) is 3.72. The minimum absolute atomic E-state index is 0.630. The summed E-state index contributed by atoms with van der Waals surface area (Å²) in [6, 6.07) is 9.03. The van der Waals surface area contributed by atoms with Crippen LogP contribution < -0.4 is 4.90 Å². The Morgan fingerprint density at radius 3 is 2.79 bits per heavy atom. The van der Waals surface area contributed by atoms with Crippen LogP contribution in [0.1, 0.15) is 24.0 Å². The summed E-state index contributed by atoms with van der Waals surface area (Å²) in [6.07, 6.45) is 7.95. The Labute approximate surface area is 143 Å². The minimum Gasteiger partial charge on any atom is -0.381 e. The van der Waals surface area contributed by atoms with Crippen LogP contribution in [0.3, 0.4) is 0 Å². The normalized spacial score (nSPS) is 19.8. The number of hydrogen-bond donors (Lipinski definition) is 0. The molecule has 0 N–H and O–H groups in total. The highest BCUT2D eigenvalue weighted by atomic mass is 16.5. The molecule has 2 aromatic heterocycles.